The minimum Gasteiger partial charge on any atom is -0.344 e. The average molecular weight is 177 g/mol. The zero-order valence-electron chi connectivity index (χ0n) is 6.94. The normalized spacial score (nSPS) is 10.5. The van der Waals surface area contributed by atoms with Gasteiger partial charge in [0.25, 0.3) is 5.69 Å². The van der Waals surface area contributed by atoms with Gasteiger partial charge in [-0.1, -0.05) is 6.07 Å². The second-order valence-corrected chi connectivity index (χ2v) is 2.78. The van der Waals surface area contributed by atoms with Crippen LogP contribution >= 0.6 is 0 Å². The van der Waals surface area contributed by atoms with Crippen molar-refractivity contribution in [3.63, 3.8) is 0 Å². The molecule has 0 radical (unpaired) electrons. The van der Waals surface area contributed by atoms with Gasteiger partial charge >= 0.3 is 0 Å². The Morgan fingerprint density at radius 3 is 3.00 bits per heavy atom. The number of aryl methyl sites for hydroxylation is 1. The van der Waals surface area contributed by atoms with E-state index in [1.165, 1.54) is 12.4 Å². The molecule has 5 nitrogen and oxygen atoms in total. The smallest absolute Gasteiger partial charge is 0.297 e. The molecule has 1 aromatic carbocycles. The predicted octanol–water partition coefficient (Wildman–Crippen LogP) is 1.78. The van der Waals surface area contributed by atoms with Gasteiger partial charge in [-0.05, 0) is 12.5 Å². The van der Waals surface area contributed by atoms with E-state index in [0.29, 0.717) is 5.52 Å². The van der Waals surface area contributed by atoms with E-state index in [2.05, 4.69) is 9.97 Å². The summed E-state index contributed by atoms with van der Waals surface area (Å²) in [6.07, 6.45) is 1.46. The van der Waals surface area contributed by atoms with Gasteiger partial charge in [0.2, 0.25) is 0 Å². The van der Waals surface area contributed by atoms with Crippen molar-refractivity contribution in [3.05, 3.63) is 34.1 Å². The van der Waals surface area contributed by atoms with Crippen molar-refractivity contribution in [1.29, 1.82) is 0 Å². The fourth-order valence-corrected chi connectivity index (χ4v) is 1.30. The van der Waals surface area contributed by atoms with Crippen molar-refractivity contribution in [2.45, 2.75) is 6.92 Å². The van der Waals surface area contributed by atoms with Crippen molar-refractivity contribution in [1.82, 2.24) is 9.97 Å². The monoisotopic (exact) mass is 177 g/mol. The summed E-state index contributed by atoms with van der Waals surface area (Å²) in [6.45, 7) is 1.88. The molecule has 0 aliphatic heterocycles. The highest BCUT2D eigenvalue weighted by Gasteiger charge is 2.14. The van der Waals surface area contributed by atoms with Crippen LogP contribution in [0.1, 0.15) is 5.56 Å². The molecule has 2 aromatic rings. The Morgan fingerprint density at radius 2 is 2.31 bits per heavy atom. The lowest BCUT2D eigenvalue weighted by atomic mass is 10.2. The van der Waals surface area contributed by atoms with Crippen molar-refractivity contribution >= 4 is 16.7 Å². The molecule has 2 rings (SSSR count). The molecule has 1 heterocycles. The van der Waals surface area contributed by atoms with E-state index in [1.807, 2.05) is 6.92 Å². The van der Waals surface area contributed by atoms with Gasteiger partial charge in [-0.3, -0.25) is 10.1 Å². The minimum atomic E-state index is -0.428. The fourth-order valence-electron chi connectivity index (χ4n) is 1.30. The zero-order valence-corrected chi connectivity index (χ0v) is 6.94. The Balaban J connectivity index is 2.86. The van der Waals surface area contributed by atoms with Crippen molar-refractivity contribution in [2.24, 2.45) is 0 Å². The number of nitro groups is 1. The van der Waals surface area contributed by atoms with Crippen LogP contribution in [-0.4, -0.2) is 14.9 Å². The molecular weight excluding hydrogens is 170 g/mol. The molecule has 66 valence electrons. The molecule has 0 aliphatic rings. The molecule has 0 unspecified atom stereocenters. The summed E-state index contributed by atoms with van der Waals surface area (Å²) >= 11 is 0. The summed E-state index contributed by atoms with van der Waals surface area (Å²) in [4.78, 5) is 16.9. The Kier molecular flexibility index (Phi) is 1.51. The first-order valence-electron chi connectivity index (χ1n) is 3.77. The van der Waals surface area contributed by atoms with E-state index in [1.54, 1.807) is 6.07 Å². The predicted molar refractivity (Wildman–Crippen MR) is 47.5 cm³/mol. The van der Waals surface area contributed by atoms with E-state index in [-0.39, 0.29) is 5.69 Å². The van der Waals surface area contributed by atoms with Gasteiger partial charge < -0.3 is 4.98 Å². The minimum absolute atomic E-state index is 0.0434. The molecular formula is C8H7N3O2. The van der Waals surface area contributed by atoms with Crippen LogP contribution in [0.5, 0.6) is 0 Å². The third-order valence-corrected chi connectivity index (χ3v) is 1.96. The number of rotatable bonds is 1. The molecule has 1 aromatic heterocycles. The molecule has 0 bridgehead atoms. The Morgan fingerprint density at radius 1 is 1.54 bits per heavy atom. The number of imidazole rings is 1. The summed E-state index contributed by atoms with van der Waals surface area (Å²) in [5.41, 5.74) is 2.15. The second kappa shape index (κ2) is 2.55. The van der Waals surface area contributed by atoms with Crippen LogP contribution in [0.15, 0.2) is 18.5 Å². The summed E-state index contributed by atoms with van der Waals surface area (Å²) in [5.74, 6) is 0. The number of hydrogen-bond acceptors (Lipinski definition) is 3. The maximum atomic E-state index is 10.6. The first-order valence-corrected chi connectivity index (χ1v) is 3.77. The highest BCUT2D eigenvalue weighted by Crippen LogP contribution is 2.24. The van der Waals surface area contributed by atoms with Crippen LogP contribution in [0.2, 0.25) is 0 Å². The molecule has 1 N–H and O–H groups in total. The number of fused-ring (bicyclic) bond motifs is 1. The van der Waals surface area contributed by atoms with E-state index < -0.39 is 4.92 Å². The van der Waals surface area contributed by atoms with Crippen LogP contribution < -0.4 is 0 Å². The maximum Gasteiger partial charge on any atom is 0.297 e. The van der Waals surface area contributed by atoms with Gasteiger partial charge in [0.1, 0.15) is 0 Å². The van der Waals surface area contributed by atoms with Gasteiger partial charge in [-0.2, -0.15) is 0 Å². The number of nitrogens with one attached hydrogen (secondary N) is 1. The number of aromatic nitrogens is 2. The standard InChI is InChI=1S/C8H7N3O2/c1-5-2-3-6(11(12)13)8-7(5)9-4-10-8/h2-4H,1H3,(H,9,10). The molecule has 0 aliphatic carbocycles. The number of nitro benzene ring substituents is 1. The highest BCUT2D eigenvalue weighted by molar-refractivity contribution is 5.86. The number of benzene rings is 1. The van der Waals surface area contributed by atoms with Crippen LogP contribution in [0.3, 0.4) is 0 Å². The van der Waals surface area contributed by atoms with Crippen LogP contribution in [-0.2, 0) is 0 Å². The van der Waals surface area contributed by atoms with Gasteiger partial charge in [0.15, 0.2) is 5.52 Å². The first kappa shape index (κ1) is 7.72. The molecule has 0 spiro atoms. The average Bonchev–Trinajstić information content (AvgIpc) is 2.53. The van der Waals surface area contributed by atoms with Crippen molar-refractivity contribution < 1.29 is 4.92 Å². The molecule has 0 saturated heterocycles. The Labute approximate surface area is 73.6 Å². The number of aromatic amines is 1. The number of hydrogen-bond donors (Lipinski definition) is 1. The summed E-state index contributed by atoms with van der Waals surface area (Å²) in [6, 6.07) is 3.18. The summed E-state index contributed by atoms with van der Waals surface area (Å²) in [7, 11) is 0. The van der Waals surface area contributed by atoms with Gasteiger partial charge in [0.05, 0.1) is 16.8 Å². The third-order valence-electron chi connectivity index (χ3n) is 1.96. The fraction of sp³-hybridized carbons (Fsp3) is 0.125. The van der Waals surface area contributed by atoms with Crippen LogP contribution in [0.4, 0.5) is 5.69 Å². The number of nitrogens with zero attached hydrogens (tertiary/aromatic N) is 2. The molecule has 0 amide bonds. The lowest BCUT2D eigenvalue weighted by Gasteiger charge is -1.95. The van der Waals surface area contributed by atoms with Crippen LogP contribution in [0.25, 0.3) is 11.0 Å². The maximum absolute atomic E-state index is 10.6. The summed E-state index contributed by atoms with van der Waals surface area (Å²) < 4.78 is 0. The van der Waals surface area contributed by atoms with Gasteiger partial charge in [0, 0.05) is 6.07 Å². The van der Waals surface area contributed by atoms with Crippen molar-refractivity contribution in [3.8, 4) is 0 Å². The lowest BCUT2D eigenvalue weighted by molar-refractivity contribution is -0.383. The third kappa shape index (κ3) is 1.05. The van der Waals surface area contributed by atoms with Crippen LogP contribution in [0, 0.1) is 17.0 Å². The Bertz CT molecular complexity index is 475. The molecule has 0 saturated carbocycles. The van der Waals surface area contributed by atoms with E-state index in [9.17, 15) is 10.1 Å². The van der Waals surface area contributed by atoms with E-state index in [0.717, 1.165) is 11.1 Å². The molecule has 5 heteroatoms. The Hall–Kier alpha value is -1.91. The quantitative estimate of drug-likeness (QED) is 0.533. The molecule has 0 fully saturated rings. The number of H-pyrrole nitrogens is 1. The summed E-state index contributed by atoms with van der Waals surface area (Å²) in [5, 5.41) is 10.6. The van der Waals surface area contributed by atoms with E-state index >= 15 is 0 Å². The number of non-ortho nitro benzene ring substituents is 1. The van der Waals surface area contributed by atoms with Gasteiger partial charge in [-0.15, -0.1) is 0 Å². The SMILES string of the molecule is Cc1ccc([N+](=O)[O-])c2nc[nH]c12. The van der Waals surface area contributed by atoms with Gasteiger partial charge in [-0.25, -0.2) is 4.98 Å². The first-order chi connectivity index (χ1) is 6.20. The zero-order chi connectivity index (χ0) is 9.42. The molecule has 0 atom stereocenters. The lowest BCUT2D eigenvalue weighted by Crippen LogP contribution is -1.90. The second-order valence-electron chi connectivity index (χ2n) is 2.78. The largest absolute Gasteiger partial charge is 0.344 e. The highest BCUT2D eigenvalue weighted by atomic mass is 16.6. The molecule has 13 heavy (non-hydrogen) atoms. The topological polar surface area (TPSA) is 71.8 Å². The van der Waals surface area contributed by atoms with Crippen molar-refractivity contribution in [2.75, 3.05) is 0 Å². The van der Waals surface area contributed by atoms with E-state index in [4.69, 9.17) is 0 Å².